The third kappa shape index (κ3) is 2.28. The van der Waals surface area contributed by atoms with Crippen molar-refractivity contribution in [1.82, 2.24) is 0 Å². The topological polar surface area (TPSA) is 33.0 Å². The van der Waals surface area contributed by atoms with Crippen LogP contribution in [0.4, 0.5) is 0 Å². The lowest BCUT2D eigenvalue weighted by Gasteiger charge is -2.46. The Hall–Kier alpha value is -1.33. The Bertz CT molecular complexity index is 494. The Labute approximate surface area is 116 Å². The van der Waals surface area contributed by atoms with E-state index in [1.54, 1.807) is 0 Å². The van der Waals surface area contributed by atoms with Gasteiger partial charge in [0.05, 0.1) is 30.6 Å². The van der Waals surface area contributed by atoms with Crippen molar-refractivity contribution in [2.24, 2.45) is 5.92 Å². The standard InChI is InChI=1S/C17H23NO/c1-5-15(9-18)17(10-19-11-17)16-8-14(12(2)3)7-6-13(16)4/h6-8,12,15H,5,10-11H2,1-4H3. The Morgan fingerprint density at radius 2 is 2.05 bits per heavy atom. The number of aryl methyl sites for hydroxylation is 1. The summed E-state index contributed by atoms with van der Waals surface area (Å²) >= 11 is 0. The summed E-state index contributed by atoms with van der Waals surface area (Å²) in [5.74, 6) is 0.557. The molecule has 1 atom stereocenters. The largest absolute Gasteiger partial charge is 0.379 e. The summed E-state index contributed by atoms with van der Waals surface area (Å²) in [6, 6.07) is 9.17. The molecule has 0 bridgehead atoms. The minimum absolute atomic E-state index is 0.0439. The van der Waals surface area contributed by atoms with E-state index in [9.17, 15) is 5.26 Å². The Balaban J connectivity index is 2.49. The van der Waals surface area contributed by atoms with E-state index in [1.807, 2.05) is 0 Å². The van der Waals surface area contributed by atoms with E-state index in [0.717, 1.165) is 6.42 Å². The molecule has 0 aliphatic carbocycles. The molecule has 0 aromatic heterocycles. The molecule has 0 N–H and O–H groups in total. The molecule has 2 rings (SSSR count). The van der Waals surface area contributed by atoms with Crippen LogP contribution in [0.5, 0.6) is 0 Å². The lowest BCUT2D eigenvalue weighted by Crippen LogP contribution is -2.52. The summed E-state index contributed by atoms with van der Waals surface area (Å²) in [4.78, 5) is 0. The van der Waals surface area contributed by atoms with Crippen molar-refractivity contribution < 1.29 is 4.74 Å². The molecule has 0 amide bonds. The smallest absolute Gasteiger partial charge is 0.0666 e. The van der Waals surface area contributed by atoms with Gasteiger partial charge >= 0.3 is 0 Å². The summed E-state index contributed by atoms with van der Waals surface area (Å²) in [6.07, 6.45) is 0.880. The molecular formula is C17H23NO. The SMILES string of the molecule is CCC(C#N)C1(c2cc(C(C)C)ccc2C)COC1. The van der Waals surface area contributed by atoms with E-state index < -0.39 is 0 Å². The Morgan fingerprint density at radius 3 is 2.47 bits per heavy atom. The molecule has 1 aliphatic heterocycles. The second-order valence-electron chi connectivity index (χ2n) is 5.97. The summed E-state index contributed by atoms with van der Waals surface area (Å²) in [7, 11) is 0. The van der Waals surface area contributed by atoms with Crippen LogP contribution >= 0.6 is 0 Å². The zero-order chi connectivity index (χ0) is 14.0. The number of rotatable bonds is 4. The van der Waals surface area contributed by atoms with E-state index in [1.165, 1.54) is 16.7 Å². The van der Waals surface area contributed by atoms with Crippen LogP contribution in [0.3, 0.4) is 0 Å². The maximum Gasteiger partial charge on any atom is 0.0666 e. The van der Waals surface area contributed by atoms with E-state index in [-0.39, 0.29) is 11.3 Å². The predicted molar refractivity (Wildman–Crippen MR) is 77.2 cm³/mol. The third-order valence-corrected chi connectivity index (χ3v) is 4.42. The number of hydrogen-bond acceptors (Lipinski definition) is 2. The maximum atomic E-state index is 9.45. The van der Waals surface area contributed by atoms with Crippen molar-refractivity contribution >= 4 is 0 Å². The Kier molecular flexibility index (Phi) is 3.96. The molecule has 0 saturated carbocycles. The fourth-order valence-corrected chi connectivity index (χ4v) is 3.01. The predicted octanol–water partition coefficient (Wildman–Crippen LogP) is 3.94. The normalized spacial score (nSPS) is 18.7. The molecule has 1 unspecified atom stereocenters. The quantitative estimate of drug-likeness (QED) is 0.818. The summed E-state index contributed by atoms with van der Waals surface area (Å²) < 4.78 is 5.48. The highest BCUT2D eigenvalue weighted by molar-refractivity contribution is 5.41. The molecule has 19 heavy (non-hydrogen) atoms. The second kappa shape index (κ2) is 5.35. The van der Waals surface area contributed by atoms with Crippen LogP contribution in [0.2, 0.25) is 0 Å². The minimum Gasteiger partial charge on any atom is -0.379 e. The van der Waals surface area contributed by atoms with E-state index >= 15 is 0 Å². The van der Waals surface area contributed by atoms with Crippen LogP contribution in [-0.2, 0) is 10.2 Å². The molecule has 2 heteroatoms. The monoisotopic (exact) mass is 257 g/mol. The fraction of sp³-hybridized carbons (Fsp3) is 0.588. The van der Waals surface area contributed by atoms with Crippen LogP contribution in [0, 0.1) is 24.2 Å². The first-order valence-electron chi connectivity index (χ1n) is 7.13. The minimum atomic E-state index is -0.0848. The number of nitriles is 1. The highest BCUT2D eigenvalue weighted by atomic mass is 16.5. The van der Waals surface area contributed by atoms with Gasteiger partial charge in [-0.1, -0.05) is 39.0 Å². The molecular weight excluding hydrogens is 234 g/mol. The molecule has 1 saturated heterocycles. The number of ether oxygens (including phenoxy) is 1. The van der Waals surface area contributed by atoms with Crippen molar-refractivity contribution in [3.05, 3.63) is 34.9 Å². The van der Waals surface area contributed by atoms with Crippen LogP contribution in [0.1, 0.15) is 49.8 Å². The highest BCUT2D eigenvalue weighted by Gasteiger charge is 2.47. The molecule has 1 aromatic carbocycles. The van der Waals surface area contributed by atoms with Gasteiger partial charge < -0.3 is 4.74 Å². The van der Waals surface area contributed by atoms with Gasteiger partial charge in [-0.2, -0.15) is 5.26 Å². The van der Waals surface area contributed by atoms with Crippen LogP contribution in [0.25, 0.3) is 0 Å². The molecule has 102 valence electrons. The van der Waals surface area contributed by atoms with E-state index in [4.69, 9.17) is 4.74 Å². The molecule has 2 nitrogen and oxygen atoms in total. The average Bonchev–Trinajstić information content (AvgIpc) is 2.34. The molecule has 1 aromatic rings. The summed E-state index contributed by atoms with van der Waals surface area (Å²) in [5, 5.41) is 9.45. The van der Waals surface area contributed by atoms with E-state index in [2.05, 4.69) is 52.0 Å². The van der Waals surface area contributed by atoms with Crippen molar-refractivity contribution in [3.8, 4) is 6.07 Å². The number of benzene rings is 1. The van der Waals surface area contributed by atoms with Crippen molar-refractivity contribution in [2.75, 3.05) is 13.2 Å². The van der Waals surface area contributed by atoms with Gasteiger partial charge in [-0.25, -0.2) is 0 Å². The molecule has 1 heterocycles. The lowest BCUT2D eigenvalue weighted by atomic mass is 9.66. The van der Waals surface area contributed by atoms with Gasteiger partial charge in [0.2, 0.25) is 0 Å². The van der Waals surface area contributed by atoms with Gasteiger partial charge in [0.15, 0.2) is 0 Å². The van der Waals surface area contributed by atoms with Crippen molar-refractivity contribution in [3.63, 3.8) is 0 Å². The first-order chi connectivity index (χ1) is 9.05. The third-order valence-electron chi connectivity index (χ3n) is 4.42. The summed E-state index contributed by atoms with van der Waals surface area (Å²) in [6.45, 7) is 10.0. The fourth-order valence-electron chi connectivity index (χ4n) is 3.01. The highest BCUT2D eigenvalue weighted by Crippen LogP contribution is 2.43. The molecule has 1 fully saturated rings. The second-order valence-corrected chi connectivity index (χ2v) is 5.97. The van der Waals surface area contributed by atoms with Gasteiger partial charge in [0, 0.05) is 0 Å². The van der Waals surface area contributed by atoms with Gasteiger partial charge in [0.1, 0.15) is 0 Å². The van der Waals surface area contributed by atoms with Gasteiger partial charge in [0.25, 0.3) is 0 Å². The first kappa shape index (κ1) is 14.1. The summed E-state index contributed by atoms with van der Waals surface area (Å²) in [5.41, 5.74) is 3.86. The molecule has 1 aliphatic rings. The van der Waals surface area contributed by atoms with Crippen LogP contribution < -0.4 is 0 Å². The van der Waals surface area contributed by atoms with Crippen LogP contribution in [-0.4, -0.2) is 13.2 Å². The molecule has 0 spiro atoms. The van der Waals surface area contributed by atoms with Gasteiger partial charge in [-0.15, -0.1) is 0 Å². The number of hydrogen-bond donors (Lipinski definition) is 0. The zero-order valence-electron chi connectivity index (χ0n) is 12.4. The van der Waals surface area contributed by atoms with Gasteiger partial charge in [-0.05, 0) is 36.0 Å². The van der Waals surface area contributed by atoms with Crippen LogP contribution in [0.15, 0.2) is 18.2 Å². The zero-order valence-corrected chi connectivity index (χ0v) is 12.4. The van der Waals surface area contributed by atoms with Gasteiger partial charge in [-0.3, -0.25) is 0 Å². The molecule has 0 radical (unpaired) electrons. The van der Waals surface area contributed by atoms with Crippen molar-refractivity contribution in [2.45, 2.75) is 45.4 Å². The maximum absolute atomic E-state index is 9.45. The van der Waals surface area contributed by atoms with E-state index in [0.29, 0.717) is 19.1 Å². The number of nitrogens with zero attached hydrogens (tertiary/aromatic N) is 1. The first-order valence-corrected chi connectivity index (χ1v) is 7.13. The average molecular weight is 257 g/mol. The van der Waals surface area contributed by atoms with Crippen molar-refractivity contribution in [1.29, 1.82) is 5.26 Å². The lowest BCUT2D eigenvalue weighted by molar-refractivity contribution is -0.0808. The Morgan fingerprint density at radius 1 is 1.37 bits per heavy atom.